The smallest absolute Gasteiger partial charge is 0.337 e. The van der Waals surface area contributed by atoms with E-state index in [-0.39, 0.29) is 28.8 Å². The fraction of sp³-hybridized carbons (Fsp3) is 0.850. The van der Waals surface area contributed by atoms with Crippen LogP contribution < -0.4 is 0 Å². The maximum absolute atomic E-state index is 12.4. The van der Waals surface area contributed by atoms with Gasteiger partial charge in [0.15, 0.2) is 0 Å². The van der Waals surface area contributed by atoms with E-state index in [1.807, 2.05) is 0 Å². The summed E-state index contributed by atoms with van der Waals surface area (Å²) in [5.74, 6) is 0.630. The molecule has 0 radical (unpaired) electrons. The number of cyclic esters (lactones) is 1. The molecule has 0 saturated heterocycles. The van der Waals surface area contributed by atoms with Gasteiger partial charge in [-0.05, 0) is 61.2 Å². The summed E-state index contributed by atoms with van der Waals surface area (Å²) in [7, 11) is 0. The number of carbonyl (C=O) groups excluding carboxylic acids is 1. The predicted molar refractivity (Wildman–Crippen MR) is 89.8 cm³/mol. The largest absolute Gasteiger partial charge is 0.428 e. The molecule has 0 aromatic carbocycles. The highest BCUT2D eigenvalue weighted by atomic mass is 16.6. The van der Waals surface area contributed by atoms with E-state index in [2.05, 4.69) is 20.8 Å². The van der Waals surface area contributed by atoms with E-state index in [1.165, 1.54) is 6.42 Å². The second kappa shape index (κ2) is 5.07. The van der Waals surface area contributed by atoms with Crippen LogP contribution in [0.2, 0.25) is 0 Å². The van der Waals surface area contributed by atoms with Crippen molar-refractivity contribution in [1.82, 2.24) is 0 Å². The normalized spacial score (nSPS) is 50.9. The van der Waals surface area contributed by atoms with Crippen LogP contribution in [0.3, 0.4) is 0 Å². The number of esters is 1. The van der Waals surface area contributed by atoms with Crippen LogP contribution >= 0.6 is 0 Å². The zero-order valence-electron chi connectivity index (χ0n) is 15.1. The number of carbonyl (C=O) groups is 1. The Hall–Kier alpha value is -0.870. The highest BCUT2D eigenvalue weighted by Gasteiger charge is 2.63. The third kappa shape index (κ3) is 1.90. The Morgan fingerprint density at radius 3 is 2.58 bits per heavy atom. The van der Waals surface area contributed by atoms with E-state index in [9.17, 15) is 15.0 Å². The predicted octanol–water partition coefficient (Wildman–Crippen LogP) is 3.17. The molecular weight excluding hydrogens is 304 g/mol. The van der Waals surface area contributed by atoms with Gasteiger partial charge in [0.25, 0.3) is 0 Å². The van der Waals surface area contributed by atoms with Gasteiger partial charge in [-0.15, -0.1) is 0 Å². The molecule has 0 aromatic rings. The van der Waals surface area contributed by atoms with Crippen molar-refractivity contribution >= 4 is 5.97 Å². The van der Waals surface area contributed by atoms with Crippen LogP contribution in [0.1, 0.15) is 65.7 Å². The topological polar surface area (TPSA) is 66.8 Å². The lowest BCUT2D eigenvalue weighted by Gasteiger charge is -2.64. The fourth-order valence-corrected chi connectivity index (χ4v) is 7.23. The van der Waals surface area contributed by atoms with Crippen molar-refractivity contribution in [2.45, 2.75) is 72.0 Å². The van der Waals surface area contributed by atoms with Gasteiger partial charge < -0.3 is 14.9 Å². The first-order valence-electron chi connectivity index (χ1n) is 9.50. The van der Waals surface area contributed by atoms with Crippen molar-refractivity contribution < 1.29 is 19.7 Å². The Labute approximate surface area is 144 Å². The summed E-state index contributed by atoms with van der Waals surface area (Å²) in [6.45, 7) is 7.12. The lowest BCUT2D eigenvalue weighted by molar-refractivity contribution is -0.156. The number of aliphatic hydroxyl groups is 2. The quantitative estimate of drug-likeness (QED) is 0.723. The molecule has 0 amide bonds. The summed E-state index contributed by atoms with van der Waals surface area (Å²) in [5.41, 5.74) is 1.57. The van der Waals surface area contributed by atoms with Crippen molar-refractivity contribution in [3.8, 4) is 0 Å². The second-order valence-corrected chi connectivity index (χ2v) is 9.43. The molecule has 1 aliphatic heterocycles. The maximum atomic E-state index is 12.4. The first-order chi connectivity index (χ1) is 11.3. The van der Waals surface area contributed by atoms with Gasteiger partial charge in [-0.3, -0.25) is 0 Å². The summed E-state index contributed by atoms with van der Waals surface area (Å²) in [4.78, 5) is 12.4. The lowest BCUT2D eigenvalue weighted by atomic mass is 9.40. The van der Waals surface area contributed by atoms with Crippen molar-refractivity contribution in [2.75, 3.05) is 6.61 Å². The average molecular weight is 334 g/mol. The monoisotopic (exact) mass is 334 g/mol. The first-order valence-corrected chi connectivity index (χ1v) is 9.50. The molecule has 1 heterocycles. The number of rotatable bonds is 1. The van der Waals surface area contributed by atoms with Gasteiger partial charge in [-0.1, -0.05) is 27.2 Å². The van der Waals surface area contributed by atoms with Gasteiger partial charge in [0.05, 0.1) is 0 Å². The van der Waals surface area contributed by atoms with Gasteiger partial charge >= 0.3 is 5.97 Å². The SMILES string of the molecule is C[C@]1(CO)CCC[C@]2(C)[C@H]3CCC4=C(C(=O)OC4O)[C@]3(C)CC[C@@H]12. The minimum atomic E-state index is -1.02. The Morgan fingerprint density at radius 1 is 1.12 bits per heavy atom. The number of ether oxygens (including phenoxy) is 1. The molecule has 24 heavy (non-hydrogen) atoms. The van der Waals surface area contributed by atoms with Crippen molar-refractivity contribution in [1.29, 1.82) is 0 Å². The molecule has 2 fully saturated rings. The van der Waals surface area contributed by atoms with Crippen LogP contribution in [0.4, 0.5) is 0 Å². The van der Waals surface area contributed by atoms with Gasteiger partial charge in [0.2, 0.25) is 6.29 Å². The lowest BCUT2D eigenvalue weighted by Crippen LogP contribution is -2.58. The zero-order valence-corrected chi connectivity index (χ0v) is 15.1. The number of aliphatic hydroxyl groups excluding tert-OH is 2. The Morgan fingerprint density at radius 2 is 1.88 bits per heavy atom. The molecule has 4 nitrogen and oxygen atoms in total. The van der Waals surface area contributed by atoms with Crippen molar-refractivity contribution in [3.63, 3.8) is 0 Å². The Balaban J connectivity index is 1.78. The molecule has 0 spiro atoms. The molecular formula is C20H30O4. The van der Waals surface area contributed by atoms with E-state index in [0.29, 0.717) is 11.8 Å². The Kier molecular flexibility index (Phi) is 3.51. The molecule has 4 aliphatic rings. The summed E-state index contributed by atoms with van der Waals surface area (Å²) in [5, 5.41) is 20.2. The van der Waals surface area contributed by atoms with E-state index in [0.717, 1.165) is 49.7 Å². The third-order valence-corrected chi connectivity index (χ3v) is 8.29. The van der Waals surface area contributed by atoms with Crippen molar-refractivity contribution in [2.24, 2.45) is 28.1 Å². The molecule has 4 rings (SSSR count). The van der Waals surface area contributed by atoms with E-state index in [4.69, 9.17) is 4.74 Å². The Bertz CT molecular complexity index is 611. The molecule has 0 aromatic heterocycles. The molecule has 4 heteroatoms. The summed E-state index contributed by atoms with van der Waals surface area (Å²) in [6.07, 6.45) is 6.17. The summed E-state index contributed by atoms with van der Waals surface area (Å²) >= 11 is 0. The van der Waals surface area contributed by atoms with Crippen molar-refractivity contribution in [3.05, 3.63) is 11.1 Å². The molecule has 3 aliphatic carbocycles. The minimum Gasteiger partial charge on any atom is -0.428 e. The average Bonchev–Trinajstić information content (AvgIpc) is 2.82. The van der Waals surface area contributed by atoms with E-state index in [1.54, 1.807) is 0 Å². The third-order valence-electron chi connectivity index (χ3n) is 8.29. The van der Waals surface area contributed by atoms with Crippen LogP contribution in [0.5, 0.6) is 0 Å². The molecule has 6 atom stereocenters. The molecule has 2 N–H and O–H groups in total. The van der Waals surface area contributed by atoms with Gasteiger partial charge in [0, 0.05) is 23.2 Å². The molecule has 134 valence electrons. The molecule has 2 saturated carbocycles. The van der Waals surface area contributed by atoms with Crippen LogP contribution in [0.25, 0.3) is 0 Å². The number of hydrogen-bond donors (Lipinski definition) is 2. The first kappa shape index (κ1) is 16.6. The van der Waals surface area contributed by atoms with Crippen LogP contribution in [0.15, 0.2) is 11.1 Å². The van der Waals surface area contributed by atoms with Crippen LogP contribution in [0, 0.1) is 28.1 Å². The van der Waals surface area contributed by atoms with E-state index < -0.39 is 6.29 Å². The van der Waals surface area contributed by atoms with Crippen LogP contribution in [-0.4, -0.2) is 29.1 Å². The van der Waals surface area contributed by atoms with E-state index >= 15 is 0 Å². The maximum Gasteiger partial charge on any atom is 0.337 e. The fourth-order valence-electron chi connectivity index (χ4n) is 7.23. The van der Waals surface area contributed by atoms with Gasteiger partial charge in [0.1, 0.15) is 0 Å². The standard InChI is InChI=1S/C20H30O4/c1-18(11-21)8-4-9-19(2)13(18)7-10-20(3)14(19)6-5-12-15(20)17(23)24-16(12)22/h13-14,16,21-22H,4-11H2,1-3H3/t13-,14+,16?,18+,19-,20+/m0/s1. The molecule has 1 unspecified atom stereocenters. The van der Waals surface area contributed by atoms with Gasteiger partial charge in [-0.2, -0.15) is 0 Å². The summed E-state index contributed by atoms with van der Waals surface area (Å²) in [6, 6.07) is 0. The van der Waals surface area contributed by atoms with Crippen LogP contribution in [-0.2, 0) is 9.53 Å². The number of fused-ring (bicyclic) bond motifs is 4. The van der Waals surface area contributed by atoms with Gasteiger partial charge in [-0.25, -0.2) is 4.79 Å². The highest BCUT2D eigenvalue weighted by Crippen LogP contribution is 2.68. The highest BCUT2D eigenvalue weighted by molar-refractivity contribution is 5.94. The number of hydrogen-bond acceptors (Lipinski definition) is 4. The molecule has 0 bridgehead atoms. The minimum absolute atomic E-state index is 0.00130. The second-order valence-electron chi connectivity index (χ2n) is 9.43. The summed E-state index contributed by atoms with van der Waals surface area (Å²) < 4.78 is 5.16. The zero-order chi connectivity index (χ0) is 17.3.